The number of ether oxygens (including phenoxy) is 2. The molecule has 3 aromatic rings. The van der Waals surface area contributed by atoms with E-state index in [1.54, 1.807) is 42.5 Å². The van der Waals surface area contributed by atoms with Crippen molar-refractivity contribution in [3.8, 4) is 11.5 Å². The number of hydrogen-bond donors (Lipinski definition) is 1. The van der Waals surface area contributed by atoms with Crippen molar-refractivity contribution in [3.63, 3.8) is 0 Å². The first kappa shape index (κ1) is 25.8. The highest BCUT2D eigenvalue weighted by Gasteiger charge is 2.29. The fourth-order valence-corrected chi connectivity index (χ4v) is 4.57. The quantitative estimate of drug-likeness (QED) is 0.319. The maximum atomic E-state index is 13.4. The summed E-state index contributed by atoms with van der Waals surface area (Å²) in [5.74, 6) is 0.887. The SMILES string of the molecule is COc1ccccc1N(CC(=O)N/N=C\c1ccc(OCC(C)C)cc1)S(=O)(=O)c1ccccc1. The highest BCUT2D eigenvalue weighted by atomic mass is 32.2. The van der Waals surface area contributed by atoms with Gasteiger partial charge in [-0.15, -0.1) is 0 Å². The summed E-state index contributed by atoms with van der Waals surface area (Å²) < 4.78 is 38.8. The Labute approximate surface area is 206 Å². The molecular formula is C26H29N3O5S. The van der Waals surface area contributed by atoms with E-state index in [2.05, 4.69) is 24.4 Å². The zero-order valence-electron chi connectivity index (χ0n) is 19.9. The van der Waals surface area contributed by atoms with Gasteiger partial charge in [-0.3, -0.25) is 9.10 Å². The summed E-state index contributed by atoms with van der Waals surface area (Å²) in [7, 11) is -2.61. The van der Waals surface area contributed by atoms with Gasteiger partial charge in [-0.1, -0.05) is 44.2 Å². The van der Waals surface area contributed by atoms with E-state index in [4.69, 9.17) is 9.47 Å². The van der Waals surface area contributed by atoms with Crippen molar-refractivity contribution in [3.05, 3.63) is 84.4 Å². The van der Waals surface area contributed by atoms with Crippen LogP contribution >= 0.6 is 0 Å². The van der Waals surface area contributed by atoms with Crippen molar-refractivity contribution < 1.29 is 22.7 Å². The number of nitrogens with one attached hydrogen (secondary N) is 1. The zero-order chi connectivity index (χ0) is 25.3. The van der Waals surface area contributed by atoms with Crippen molar-refractivity contribution in [1.29, 1.82) is 0 Å². The first-order valence-electron chi connectivity index (χ1n) is 11.1. The molecule has 35 heavy (non-hydrogen) atoms. The van der Waals surface area contributed by atoms with Crippen LogP contribution in [0.3, 0.4) is 0 Å². The number of rotatable bonds is 11. The Morgan fingerprint density at radius 3 is 2.31 bits per heavy atom. The molecule has 8 nitrogen and oxygen atoms in total. The minimum Gasteiger partial charge on any atom is -0.495 e. The molecule has 9 heteroatoms. The second-order valence-electron chi connectivity index (χ2n) is 8.06. The lowest BCUT2D eigenvalue weighted by atomic mass is 10.2. The summed E-state index contributed by atoms with van der Waals surface area (Å²) in [5.41, 5.74) is 3.40. The smallest absolute Gasteiger partial charge is 0.264 e. The first-order valence-corrected chi connectivity index (χ1v) is 12.5. The summed E-state index contributed by atoms with van der Waals surface area (Å²) in [4.78, 5) is 12.8. The molecule has 0 aromatic heterocycles. The molecule has 3 aromatic carbocycles. The van der Waals surface area contributed by atoms with Crippen LogP contribution in [0.1, 0.15) is 19.4 Å². The highest BCUT2D eigenvalue weighted by Crippen LogP contribution is 2.32. The molecule has 0 heterocycles. The molecule has 1 N–H and O–H groups in total. The Bertz CT molecular complexity index is 1240. The van der Waals surface area contributed by atoms with E-state index in [0.717, 1.165) is 15.6 Å². The van der Waals surface area contributed by atoms with E-state index < -0.39 is 22.5 Å². The van der Waals surface area contributed by atoms with Gasteiger partial charge in [0.15, 0.2) is 0 Å². The number of benzene rings is 3. The minimum absolute atomic E-state index is 0.0574. The van der Waals surface area contributed by atoms with E-state index in [9.17, 15) is 13.2 Å². The standard InChI is InChI=1S/C26H29N3O5S/c1-20(2)19-34-22-15-13-21(14-16-22)17-27-28-26(30)18-29(24-11-7-8-12-25(24)33-3)35(31,32)23-9-5-4-6-10-23/h4-17,20H,18-19H2,1-3H3,(H,28,30)/b27-17-. The largest absolute Gasteiger partial charge is 0.495 e. The van der Waals surface area contributed by atoms with Gasteiger partial charge in [0.1, 0.15) is 18.0 Å². The van der Waals surface area contributed by atoms with Crippen LogP contribution in [0.4, 0.5) is 5.69 Å². The van der Waals surface area contributed by atoms with Crippen LogP contribution in [0.25, 0.3) is 0 Å². The normalized spacial score (nSPS) is 11.4. The van der Waals surface area contributed by atoms with Crippen LogP contribution in [-0.2, 0) is 14.8 Å². The van der Waals surface area contributed by atoms with Gasteiger partial charge in [0, 0.05) is 0 Å². The van der Waals surface area contributed by atoms with Crippen LogP contribution in [-0.4, -0.2) is 40.8 Å². The number of carbonyl (C=O) groups is 1. The fraction of sp³-hybridized carbons (Fsp3) is 0.231. The third kappa shape index (κ3) is 7.07. The fourth-order valence-electron chi connectivity index (χ4n) is 3.11. The van der Waals surface area contributed by atoms with E-state index in [-0.39, 0.29) is 10.6 Å². The van der Waals surface area contributed by atoms with Crippen LogP contribution in [0.15, 0.2) is 88.9 Å². The average Bonchev–Trinajstić information content (AvgIpc) is 2.87. The Hall–Kier alpha value is -3.85. The van der Waals surface area contributed by atoms with Gasteiger partial charge in [-0.25, -0.2) is 13.8 Å². The number of anilines is 1. The molecule has 0 aliphatic rings. The molecule has 184 valence electrons. The molecule has 3 rings (SSSR count). The topological polar surface area (TPSA) is 97.3 Å². The van der Waals surface area contributed by atoms with Gasteiger partial charge in [0.05, 0.1) is 30.5 Å². The molecule has 0 aliphatic heterocycles. The van der Waals surface area contributed by atoms with Crippen molar-refractivity contribution in [2.24, 2.45) is 11.0 Å². The summed E-state index contributed by atoms with van der Waals surface area (Å²) in [6, 6.07) is 21.8. The Balaban J connectivity index is 1.75. The van der Waals surface area contributed by atoms with Gasteiger partial charge in [-0.05, 0) is 60.0 Å². The molecule has 0 fully saturated rings. The van der Waals surface area contributed by atoms with Crippen molar-refractivity contribution in [1.82, 2.24) is 5.43 Å². The number of sulfonamides is 1. The lowest BCUT2D eigenvalue weighted by Gasteiger charge is -2.25. The molecular weight excluding hydrogens is 466 g/mol. The van der Waals surface area contributed by atoms with Gasteiger partial charge in [-0.2, -0.15) is 5.10 Å². The lowest BCUT2D eigenvalue weighted by molar-refractivity contribution is -0.119. The molecule has 0 bridgehead atoms. The van der Waals surface area contributed by atoms with Gasteiger partial charge >= 0.3 is 0 Å². The Morgan fingerprint density at radius 2 is 1.66 bits per heavy atom. The lowest BCUT2D eigenvalue weighted by Crippen LogP contribution is -2.39. The third-order valence-electron chi connectivity index (χ3n) is 4.84. The molecule has 0 saturated carbocycles. The number of hydrazone groups is 1. The van der Waals surface area contributed by atoms with Crippen molar-refractivity contribution >= 4 is 27.8 Å². The minimum atomic E-state index is -4.05. The molecule has 0 aliphatic carbocycles. The number of para-hydroxylation sites is 2. The van der Waals surface area contributed by atoms with Gasteiger partial charge in [0.2, 0.25) is 0 Å². The maximum Gasteiger partial charge on any atom is 0.264 e. The van der Waals surface area contributed by atoms with Crippen LogP contribution in [0.5, 0.6) is 11.5 Å². The maximum absolute atomic E-state index is 13.4. The van der Waals surface area contributed by atoms with E-state index in [0.29, 0.717) is 18.3 Å². The predicted molar refractivity (Wildman–Crippen MR) is 136 cm³/mol. The van der Waals surface area contributed by atoms with E-state index in [1.807, 2.05) is 24.3 Å². The predicted octanol–water partition coefficient (Wildman–Crippen LogP) is 4.08. The zero-order valence-corrected chi connectivity index (χ0v) is 20.7. The Morgan fingerprint density at radius 1 is 1.00 bits per heavy atom. The van der Waals surface area contributed by atoms with Crippen LogP contribution in [0.2, 0.25) is 0 Å². The molecule has 1 amide bonds. The number of nitrogens with zero attached hydrogens (tertiary/aromatic N) is 2. The monoisotopic (exact) mass is 495 g/mol. The summed E-state index contributed by atoms with van der Waals surface area (Å²) >= 11 is 0. The number of carbonyl (C=O) groups excluding carboxylic acids is 1. The van der Waals surface area contributed by atoms with E-state index >= 15 is 0 Å². The average molecular weight is 496 g/mol. The van der Waals surface area contributed by atoms with Crippen molar-refractivity contribution in [2.75, 3.05) is 24.6 Å². The molecule has 0 atom stereocenters. The van der Waals surface area contributed by atoms with E-state index in [1.165, 1.54) is 25.5 Å². The number of amides is 1. The van der Waals surface area contributed by atoms with Crippen LogP contribution < -0.4 is 19.2 Å². The molecule has 0 saturated heterocycles. The summed E-state index contributed by atoms with van der Waals surface area (Å²) in [6.45, 7) is 4.28. The summed E-state index contributed by atoms with van der Waals surface area (Å²) in [6.07, 6.45) is 1.48. The summed E-state index contributed by atoms with van der Waals surface area (Å²) in [5, 5.41) is 3.97. The molecule has 0 spiro atoms. The van der Waals surface area contributed by atoms with Gasteiger partial charge < -0.3 is 9.47 Å². The first-order chi connectivity index (χ1) is 16.8. The number of hydrogen-bond acceptors (Lipinski definition) is 6. The molecule has 0 unspecified atom stereocenters. The number of methoxy groups -OCH3 is 1. The third-order valence-corrected chi connectivity index (χ3v) is 6.61. The van der Waals surface area contributed by atoms with Crippen LogP contribution in [0, 0.1) is 5.92 Å². The second kappa shape index (κ2) is 12.0. The second-order valence-corrected chi connectivity index (χ2v) is 9.93. The Kier molecular flexibility index (Phi) is 8.86. The van der Waals surface area contributed by atoms with Gasteiger partial charge in [0.25, 0.3) is 15.9 Å². The van der Waals surface area contributed by atoms with Crippen molar-refractivity contribution in [2.45, 2.75) is 18.7 Å². The highest BCUT2D eigenvalue weighted by molar-refractivity contribution is 7.92. The molecule has 0 radical (unpaired) electrons.